The van der Waals surface area contributed by atoms with Crippen molar-refractivity contribution < 1.29 is 18.7 Å². The summed E-state index contributed by atoms with van der Waals surface area (Å²) in [4.78, 5) is 23.8. The van der Waals surface area contributed by atoms with Crippen molar-refractivity contribution in [2.45, 2.75) is 0 Å². The standard InChI is InChI=1S/C17H13ClN4O4/c18-13-3-1-2-4-14(13)25-9-15(23)20-21-16(24)11-5-7-12(8-6-11)17-22-19-10-26-17/h1-8,10H,9H2,(H,20,23)(H,21,24). The molecule has 0 spiro atoms. The first-order valence-electron chi connectivity index (χ1n) is 7.46. The molecular formula is C17H13ClN4O4. The number of halogens is 1. The van der Waals surface area contributed by atoms with E-state index in [1.54, 1.807) is 48.5 Å². The molecule has 3 rings (SSSR count). The van der Waals surface area contributed by atoms with E-state index in [4.69, 9.17) is 20.8 Å². The van der Waals surface area contributed by atoms with Gasteiger partial charge in [-0.15, -0.1) is 10.2 Å². The third kappa shape index (κ3) is 4.37. The Labute approximate surface area is 153 Å². The third-order valence-corrected chi connectivity index (χ3v) is 3.58. The van der Waals surface area contributed by atoms with Gasteiger partial charge < -0.3 is 9.15 Å². The zero-order valence-corrected chi connectivity index (χ0v) is 14.1. The first-order chi connectivity index (χ1) is 12.6. The van der Waals surface area contributed by atoms with E-state index in [1.165, 1.54) is 6.39 Å². The molecule has 2 aromatic carbocycles. The summed E-state index contributed by atoms with van der Waals surface area (Å²) in [6.45, 7) is -0.292. The molecule has 0 aliphatic carbocycles. The summed E-state index contributed by atoms with van der Waals surface area (Å²) in [5.74, 6) is -0.275. The van der Waals surface area contributed by atoms with Crippen LogP contribution in [0.5, 0.6) is 5.75 Å². The van der Waals surface area contributed by atoms with Crippen molar-refractivity contribution in [3.8, 4) is 17.2 Å². The number of aromatic nitrogens is 2. The summed E-state index contributed by atoms with van der Waals surface area (Å²) in [6, 6.07) is 13.2. The number of nitrogens with zero attached hydrogens (tertiary/aromatic N) is 2. The summed E-state index contributed by atoms with van der Waals surface area (Å²) in [5, 5.41) is 7.75. The highest BCUT2D eigenvalue weighted by Gasteiger charge is 2.10. The molecule has 2 N–H and O–H groups in total. The zero-order valence-electron chi connectivity index (χ0n) is 13.3. The molecule has 0 fully saturated rings. The van der Waals surface area contributed by atoms with Crippen molar-refractivity contribution in [1.29, 1.82) is 0 Å². The van der Waals surface area contributed by atoms with Gasteiger partial charge in [-0.2, -0.15) is 0 Å². The molecule has 1 aromatic heterocycles. The lowest BCUT2D eigenvalue weighted by Gasteiger charge is -2.09. The fourth-order valence-corrected chi connectivity index (χ4v) is 2.19. The van der Waals surface area contributed by atoms with E-state index >= 15 is 0 Å². The normalized spacial score (nSPS) is 10.2. The van der Waals surface area contributed by atoms with E-state index in [-0.39, 0.29) is 6.61 Å². The Hall–Kier alpha value is -3.39. The minimum absolute atomic E-state index is 0.292. The highest BCUT2D eigenvalue weighted by Crippen LogP contribution is 2.22. The second kappa shape index (κ2) is 8.13. The highest BCUT2D eigenvalue weighted by molar-refractivity contribution is 6.32. The molecule has 2 amide bonds. The van der Waals surface area contributed by atoms with Gasteiger partial charge >= 0.3 is 0 Å². The van der Waals surface area contributed by atoms with Crippen LogP contribution < -0.4 is 15.6 Å². The largest absolute Gasteiger partial charge is 0.482 e. The Morgan fingerprint density at radius 3 is 2.54 bits per heavy atom. The number of nitrogens with one attached hydrogen (secondary N) is 2. The van der Waals surface area contributed by atoms with Crippen LogP contribution in [0.1, 0.15) is 10.4 Å². The van der Waals surface area contributed by atoms with Gasteiger partial charge in [-0.25, -0.2) is 0 Å². The van der Waals surface area contributed by atoms with Gasteiger partial charge in [-0.3, -0.25) is 20.4 Å². The SMILES string of the molecule is O=C(COc1ccccc1Cl)NNC(=O)c1ccc(-c2nnco2)cc1. The molecule has 0 aliphatic rings. The number of ether oxygens (including phenoxy) is 1. The van der Waals surface area contributed by atoms with Gasteiger partial charge in [0.05, 0.1) is 5.02 Å². The lowest BCUT2D eigenvalue weighted by atomic mass is 10.1. The number of hydrazine groups is 1. The van der Waals surface area contributed by atoms with Crippen LogP contribution in [-0.2, 0) is 4.79 Å². The zero-order chi connectivity index (χ0) is 18.4. The number of benzene rings is 2. The number of para-hydroxylation sites is 1. The average molecular weight is 373 g/mol. The van der Waals surface area contributed by atoms with Crippen LogP contribution in [0.2, 0.25) is 5.02 Å². The maximum atomic E-state index is 12.0. The molecule has 0 saturated carbocycles. The van der Waals surface area contributed by atoms with E-state index < -0.39 is 11.8 Å². The Kier molecular flexibility index (Phi) is 5.45. The monoisotopic (exact) mass is 372 g/mol. The predicted molar refractivity (Wildman–Crippen MR) is 92.3 cm³/mol. The lowest BCUT2D eigenvalue weighted by Crippen LogP contribution is -2.43. The van der Waals surface area contributed by atoms with Crippen molar-refractivity contribution >= 4 is 23.4 Å². The average Bonchev–Trinajstić information content (AvgIpc) is 3.20. The second-order valence-corrected chi connectivity index (χ2v) is 5.45. The van der Waals surface area contributed by atoms with E-state index in [0.29, 0.717) is 27.8 Å². The van der Waals surface area contributed by atoms with Crippen LogP contribution in [0.15, 0.2) is 59.3 Å². The lowest BCUT2D eigenvalue weighted by molar-refractivity contribution is -0.123. The maximum absolute atomic E-state index is 12.0. The Bertz CT molecular complexity index is 897. The first-order valence-corrected chi connectivity index (χ1v) is 7.84. The predicted octanol–water partition coefficient (Wildman–Crippen LogP) is 2.23. The fraction of sp³-hybridized carbons (Fsp3) is 0.0588. The van der Waals surface area contributed by atoms with Crippen LogP contribution in [-0.4, -0.2) is 28.6 Å². The second-order valence-electron chi connectivity index (χ2n) is 5.04. The first kappa shape index (κ1) is 17.4. The smallest absolute Gasteiger partial charge is 0.276 e. The van der Waals surface area contributed by atoms with Crippen LogP contribution in [0.3, 0.4) is 0 Å². The molecule has 0 atom stereocenters. The van der Waals surface area contributed by atoms with Crippen molar-refractivity contribution in [1.82, 2.24) is 21.0 Å². The third-order valence-electron chi connectivity index (χ3n) is 3.26. The van der Waals surface area contributed by atoms with Gasteiger partial charge in [0, 0.05) is 11.1 Å². The number of carbonyl (C=O) groups excluding carboxylic acids is 2. The molecule has 0 saturated heterocycles. The van der Waals surface area contributed by atoms with Gasteiger partial charge in [0.1, 0.15) is 5.75 Å². The Morgan fingerprint density at radius 1 is 1.08 bits per heavy atom. The molecule has 0 bridgehead atoms. The van der Waals surface area contributed by atoms with Crippen molar-refractivity contribution in [2.24, 2.45) is 0 Å². The number of hydrogen-bond acceptors (Lipinski definition) is 6. The summed E-state index contributed by atoms with van der Waals surface area (Å²) >= 11 is 5.92. The number of carbonyl (C=O) groups is 2. The molecule has 0 unspecified atom stereocenters. The topological polar surface area (TPSA) is 106 Å². The molecule has 1 heterocycles. The van der Waals surface area contributed by atoms with Crippen molar-refractivity contribution in [2.75, 3.05) is 6.61 Å². The summed E-state index contributed by atoms with van der Waals surface area (Å²) in [7, 11) is 0. The minimum Gasteiger partial charge on any atom is -0.482 e. The molecule has 0 aliphatic heterocycles. The Morgan fingerprint density at radius 2 is 1.85 bits per heavy atom. The van der Waals surface area contributed by atoms with E-state index in [9.17, 15) is 9.59 Å². The highest BCUT2D eigenvalue weighted by atomic mass is 35.5. The van der Waals surface area contributed by atoms with E-state index in [0.717, 1.165) is 0 Å². The minimum atomic E-state index is -0.527. The summed E-state index contributed by atoms with van der Waals surface area (Å²) in [5.41, 5.74) is 5.59. The quantitative estimate of drug-likeness (QED) is 0.665. The maximum Gasteiger partial charge on any atom is 0.276 e. The number of amides is 2. The summed E-state index contributed by atoms with van der Waals surface area (Å²) in [6.07, 6.45) is 1.22. The van der Waals surface area contributed by atoms with Crippen LogP contribution in [0, 0.1) is 0 Å². The molecule has 132 valence electrons. The van der Waals surface area contributed by atoms with Gasteiger partial charge in [0.2, 0.25) is 12.3 Å². The molecule has 0 radical (unpaired) electrons. The molecule has 26 heavy (non-hydrogen) atoms. The summed E-state index contributed by atoms with van der Waals surface area (Å²) < 4.78 is 10.3. The number of rotatable bonds is 5. The fourth-order valence-electron chi connectivity index (χ4n) is 2.00. The Balaban J connectivity index is 1.49. The number of hydrogen-bond donors (Lipinski definition) is 2. The van der Waals surface area contributed by atoms with Crippen molar-refractivity contribution in [3.63, 3.8) is 0 Å². The van der Waals surface area contributed by atoms with Gasteiger partial charge in [-0.1, -0.05) is 23.7 Å². The molecule has 9 heteroatoms. The molecular weight excluding hydrogens is 360 g/mol. The van der Waals surface area contributed by atoms with Gasteiger partial charge in [0.25, 0.3) is 11.8 Å². The van der Waals surface area contributed by atoms with Crippen molar-refractivity contribution in [3.05, 3.63) is 65.5 Å². The molecule has 8 nitrogen and oxygen atoms in total. The molecule has 3 aromatic rings. The van der Waals surface area contributed by atoms with E-state index in [2.05, 4.69) is 21.0 Å². The van der Waals surface area contributed by atoms with Crippen LogP contribution in [0.4, 0.5) is 0 Å². The van der Waals surface area contributed by atoms with Gasteiger partial charge in [-0.05, 0) is 36.4 Å². The van der Waals surface area contributed by atoms with Gasteiger partial charge in [0.15, 0.2) is 6.61 Å². The van der Waals surface area contributed by atoms with E-state index in [1.807, 2.05) is 0 Å². The van der Waals surface area contributed by atoms with Crippen LogP contribution >= 0.6 is 11.6 Å². The van der Waals surface area contributed by atoms with Crippen LogP contribution in [0.25, 0.3) is 11.5 Å².